The third kappa shape index (κ3) is 6.19. The standard InChI is InChI=1S/C29H36N4O3/c1-21-19-33(16-15-31(21)3)28-13-12-23(10-11-24-7-6-14-32(20-24)22(2)34)17-27(28)30-29(35)25-8-5-9-26(18-25)36-4/h5,8-9,12-13,17-18,21,24H,6-7,14-16,19-20H2,1-4H3,(H,30,35)/t21-,24?/m0/s1. The minimum Gasteiger partial charge on any atom is -0.497 e. The van der Waals surface area contributed by atoms with Crippen molar-refractivity contribution in [2.75, 3.05) is 57.1 Å². The van der Waals surface area contributed by atoms with Gasteiger partial charge in [0, 0.05) is 62.7 Å². The monoisotopic (exact) mass is 488 g/mol. The van der Waals surface area contributed by atoms with Crippen molar-refractivity contribution < 1.29 is 14.3 Å². The van der Waals surface area contributed by atoms with Crippen molar-refractivity contribution in [3.63, 3.8) is 0 Å². The van der Waals surface area contributed by atoms with Gasteiger partial charge in [0.05, 0.1) is 18.5 Å². The second-order valence-electron chi connectivity index (χ2n) is 9.77. The van der Waals surface area contributed by atoms with E-state index in [1.165, 1.54) is 0 Å². The molecule has 7 nitrogen and oxygen atoms in total. The summed E-state index contributed by atoms with van der Waals surface area (Å²) in [6.07, 6.45) is 1.97. The molecular formula is C29H36N4O3. The smallest absolute Gasteiger partial charge is 0.255 e. The molecule has 2 saturated heterocycles. The van der Waals surface area contributed by atoms with Crippen LogP contribution in [0, 0.1) is 17.8 Å². The summed E-state index contributed by atoms with van der Waals surface area (Å²) in [5.41, 5.74) is 3.13. The van der Waals surface area contributed by atoms with Gasteiger partial charge in [-0.3, -0.25) is 9.59 Å². The molecule has 0 aromatic heterocycles. The Morgan fingerprint density at radius 3 is 2.67 bits per heavy atom. The summed E-state index contributed by atoms with van der Waals surface area (Å²) in [5.74, 6) is 7.40. The highest BCUT2D eigenvalue weighted by Gasteiger charge is 2.24. The van der Waals surface area contributed by atoms with Gasteiger partial charge >= 0.3 is 0 Å². The minimum absolute atomic E-state index is 0.106. The fraction of sp³-hybridized carbons (Fsp3) is 0.448. The molecule has 2 aliphatic rings. The van der Waals surface area contributed by atoms with Gasteiger partial charge in [0.1, 0.15) is 5.75 Å². The first kappa shape index (κ1) is 25.6. The number of likely N-dealkylation sites (N-methyl/N-ethyl adjacent to an activating group) is 1. The fourth-order valence-corrected chi connectivity index (χ4v) is 4.78. The second kappa shape index (κ2) is 11.5. The van der Waals surface area contributed by atoms with Crippen molar-refractivity contribution >= 4 is 23.2 Å². The molecule has 36 heavy (non-hydrogen) atoms. The molecule has 190 valence electrons. The molecule has 2 fully saturated rings. The number of carbonyl (C=O) groups excluding carboxylic acids is 2. The number of nitrogens with one attached hydrogen (secondary N) is 1. The van der Waals surface area contributed by atoms with E-state index in [0.29, 0.717) is 23.9 Å². The molecule has 0 saturated carbocycles. The average molecular weight is 489 g/mol. The Labute approximate surface area is 214 Å². The van der Waals surface area contributed by atoms with Crippen LogP contribution in [0.4, 0.5) is 11.4 Å². The van der Waals surface area contributed by atoms with Crippen molar-refractivity contribution in [3.8, 4) is 17.6 Å². The number of methoxy groups -OCH3 is 1. The molecule has 2 aliphatic heterocycles. The Morgan fingerprint density at radius 2 is 1.92 bits per heavy atom. The van der Waals surface area contributed by atoms with E-state index in [4.69, 9.17) is 4.74 Å². The van der Waals surface area contributed by atoms with Gasteiger partial charge in [0.15, 0.2) is 0 Å². The summed E-state index contributed by atoms with van der Waals surface area (Å²) in [6, 6.07) is 13.6. The molecule has 0 bridgehead atoms. The van der Waals surface area contributed by atoms with Crippen LogP contribution in [0.1, 0.15) is 42.6 Å². The fourth-order valence-electron chi connectivity index (χ4n) is 4.78. The molecule has 2 amide bonds. The lowest BCUT2D eigenvalue weighted by Gasteiger charge is -2.39. The topological polar surface area (TPSA) is 65.1 Å². The van der Waals surface area contributed by atoms with Gasteiger partial charge in [-0.05, 0) is 63.2 Å². The van der Waals surface area contributed by atoms with Crippen molar-refractivity contribution in [1.29, 1.82) is 0 Å². The third-order valence-electron chi connectivity index (χ3n) is 7.16. The third-order valence-corrected chi connectivity index (χ3v) is 7.16. The molecule has 0 radical (unpaired) electrons. The maximum atomic E-state index is 13.2. The van der Waals surface area contributed by atoms with Crippen molar-refractivity contribution in [2.24, 2.45) is 5.92 Å². The van der Waals surface area contributed by atoms with Crippen LogP contribution < -0.4 is 15.0 Å². The number of hydrogen-bond acceptors (Lipinski definition) is 5. The van der Waals surface area contributed by atoms with E-state index in [1.807, 2.05) is 29.2 Å². The van der Waals surface area contributed by atoms with Gasteiger partial charge in [0.2, 0.25) is 5.91 Å². The highest BCUT2D eigenvalue weighted by molar-refractivity contribution is 6.06. The lowest BCUT2D eigenvalue weighted by Crippen LogP contribution is -2.50. The van der Waals surface area contributed by atoms with Crippen molar-refractivity contribution in [1.82, 2.24) is 9.80 Å². The van der Waals surface area contributed by atoms with Gasteiger partial charge in [-0.1, -0.05) is 17.9 Å². The summed E-state index contributed by atoms with van der Waals surface area (Å²) in [6.45, 7) is 8.05. The van der Waals surface area contributed by atoms with E-state index in [9.17, 15) is 9.59 Å². The van der Waals surface area contributed by atoms with Gasteiger partial charge in [-0.25, -0.2) is 0 Å². The highest BCUT2D eigenvalue weighted by Crippen LogP contribution is 2.30. The molecule has 4 rings (SSSR count). The molecule has 7 heteroatoms. The summed E-state index contributed by atoms with van der Waals surface area (Å²) >= 11 is 0. The van der Waals surface area contributed by atoms with E-state index in [0.717, 1.165) is 56.0 Å². The van der Waals surface area contributed by atoms with Crippen LogP contribution in [0.2, 0.25) is 0 Å². The van der Waals surface area contributed by atoms with E-state index in [2.05, 4.69) is 47.0 Å². The maximum absolute atomic E-state index is 13.2. The lowest BCUT2D eigenvalue weighted by atomic mass is 9.98. The first-order valence-electron chi connectivity index (χ1n) is 12.7. The van der Waals surface area contributed by atoms with Crippen LogP contribution in [0.3, 0.4) is 0 Å². The van der Waals surface area contributed by atoms with Gasteiger partial charge in [-0.2, -0.15) is 0 Å². The maximum Gasteiger partial charge on any atom is 0.255 e. The molecule has 2 heterocycles. The van der Waals surface area contributed by atoms with Crippen LogP contribution in [-0.4, -0.2) is 74.5 Å². The van der Waals surface area contributed by atoms with E-state index in [1.54, 1.807) is 26.2 Å². The highest BCUT2D eigenvalue weighted by atomic mass is 16.5. The number of amides is 2. The van der Waals surface area contributed by atoms with Gasteiger partial charge in [-0.15, -0.1) is 0 Å². The Hall–Kier alpha value is -3.50. The first-order chi connectivity index (χ1) is 17.3. The SMILES string of the molecule is COc1cccc(C(=O)Nc2cc(C#CC3CCCN(C(C)=O)C3)ccc2N2CCN(C)[C@@H](C)C2)c1. The summed E-state index contributed by atoms with van der Waals surface area (Å²) in [5, 5.41) is 3.13. The number of likely N-dealkylation sites (tertiary alicyclic amines) is 1. The number of piperidine rings is 1. The predicted molar refractivity (Wildman–Crippen MR) is 144 cm³/mol. The van der Waals surface area contributed by atoms with Crippen molar-refractivity contribution in [2.45, 2.75) is 32.7 Å². The summed E-state index contributed by atoms with van der Waals surface area (Å²) < 4.78 is 5.29. The zero-order chi connectivity index (χ0) is 25.7. The molecule has 2 aromatic rings. The Morgan fingerprint density at radius 1 is 1.08 bits per heavy atom. The summed E-state index contributed by atoms with van der Waals surface area (Å²) in [4.78, 5) is 31.5. The molecule has 0 aliphatic carbocycles. The number of anilines is 2. The Kier molecular flexibility index (Phi) is 8.17. The number of nitrogens with zero attached hydrogens (tertiary/aromatic N) is 3. The van der Waals surface area contributed by atoms with Gasteiger partial charge < -0.3 is 24.8 Å². The predicted octanol–water partition coefficient (Wildman–Crippen LogP) is 3.70. The number of hydrogen-bond donors (Lipinski definition) is 1. The second-order valence-corrected chi connectivity index (χ2v) is 9.77. The number of benzene rings is 2. The number of ether oxygens (including phenoxy) is 1. The zero-order valence-electron chi connectivity index (χ0n) is 21.7. The van der Waals surface area contributed by atoms with Crippen LogP contribution >= 0.6 is 0 Å². The average Bonchev–Trinajstić information content (AvgIpc) is 2.89. The van der Waals surface area contributed by atoms with E-state index in [-0.39, 0.29) is 17.7 Å². The first-order valence-corrected chi connectivity index (χ1v) is 12.7. The molecule has 2 aromatic carbocycles. The Balaban J connectivity index is 1.60. The zero-order valence-corrected chi connectivity index (χ0v) is 21.7. The lowest BCUT2D eigenvalue weighted by molar-refractivity contribution is -0.130. The summed E-state index contributed by atoms with van der Waals surface area (Å²) in [7, 11) is 3.73. The van der Waals surface area contributed by atoms with Crippen LogP contribution in [0.5, 0.6) is 5.75 Å². The minimum atomic E-state index is -0.188. The molecule has 1 unspecified atom stereocenters. The molecule has 1 N–H and O–H groups in total. The van der Waals surface area contributed by atoms with Gasteiger partial charge in [0.25, 0.3) is 5.91 Å². The normalized spacial score (nSPS) is 20.3. The van der Waals surface area contributed by atoms with Crippen molar-refractivity contribution in [3.05, 3.63) is 53.6 Å². The van der Waals surface area contributed by atoms with E-state index >= 15 is 0 Å². The number of piperazine rings is 1. The Bertz CT molecular complexity index is 1170. The number of carbonyl (C=O) groups is 2. The number of rotatable bonds is 4. The largest absolute Gasteiger partial charge is 0.497 e. The molecular weight excluding hydrogens is 452 g/mol. The van der Waals surface area contributed by atoms with Crippen LogP contribution in [0.15, 0.2) is 42.5 Å². The van der Waals surface area contributed by atoms with Crippen LogP contribution in [0.25, 0.3) is 0 Å². The molecule has 2 atom stereocenters. The van der Waals surface area contributed by atoms with E-state index < -0.39 is 0 Å². The molecule has 0 spiro atoms. The quantitative estimate of drug-likeness (QED) is 0.665. The van der Waals surface area contributed by atoms with Crippen LogP contribution in [-0.2, 0) is 4.79 Å².